The molecule has 0 aliphatic carbocycles. The number of hydrogen-bond acceptors (Lipinski definition) is 10. The number of hydrogen-bond donors (Lipinski definition) is 6. The van der Waals surface area contributed by atoms with E-state index in [1.54, 1.807) is 14.0 Å². The van der Waals surface area contributed by atoms with Crippen molar-refractivity contribution in [3.63, 3.8) is 0 Å². The Hall–Kier alpha value is -0.400. The zero-order valence-corrected chi connectivity index (χ0v) is 14.7. The van der Waals surface area contributed by atoms with Gasteiger partial charge in [0.05, 0.1) is 37.5 Å². The van der Waals surface area contributed by atoms with Gasteiger partial charge in [-0.3, -0.25) is 0 Å². The molecule has 4 unspecified atom stereocenters. The van der Waals surface area contributed by atoms with Gasteiger partial charge in [-0.2, -0.15) is 0 Å². The molecule has 0 radical (unpaired) electrons. The summed E-state index contributed by atoms with van der Waals surface area (Å²) in [5.41, 5.74) is 5.99. The monoisotopic (exact) mass is 398 g/mol. The zero-order chi connectivity index (χ0) is 18.7. The molecule has 2 rings (SSSR count). The topological polar surface area (TPSA) is 156 Å². The van der Waals surface area contributed by atoms with Gasteiger partial charge < -0.3 is 50.4 Å². The number of rotatable bonds is 6. The molecule has 0 aromatic rings. The van der Waals surface area contributed by atoms with Crippen LogP contribution in [0, 0.1) is 5.92 Å². The highest BCUT2D eigenvalue weighted by molar-refractivity contribution is 4.96. The Bertz CT molecular complexity index is 416. The molecule has 2 saturated heterocycles. The van der Waals surface area contributed by atoms with Crippen LogP contribution in [0.15, 0.2) is 0 Å². The third-order valence-electron chi connectivity index (χ3n) is 5.03. The number of aliphatic hydroxyl groups is 4. The average molecular weight is 398 g/mol. The van der Waals surface area contributed by atoms with Crippen molar-refractivity contribution >= 4 is 0 Å². The first-order valence-electron chi connectivity index (χ1n) is 8.39. The molecule has 0 spiro atoms. The lowest BCUT2D eigenvalue weighted by molar-refractivity contribution is -0.323. The van der Waals surface area contributed by atoms with Crippen LogP contribution in [-0.2, 0) is 18.9 Å². The smallest absolute Gasteiger partial charge is 0.176 e. The van der Waals surface area contributed by atoms with Gasteiger partial charge >= 0.3 is 0 Å². The third-order valence-corrected chi connectivity index (χ3v) is 5.03. The molecule has 0 aromatic heterocycles. The molecule has 10 heteroatoms. The minimum atomic E-state index is -1.08. The molecule has 27 heavy (non-hydrogen) atoms. The summed E-state index contributed by atoms with van der Waals surface area (Å²) in [4.78, 5) is 0. The Morgan fingerprint density at radius 1 is 1.00 bits per heavy atom. The van der Waals surface area contributed by atoms with Crippen LogP contribution in [0.3, 0.4) is 0 Å². The zero-order valence-electron chi connectivity index (χ0n) is 14.7. The lowest BCUT2D eigenvalue weighted by atomic mass is 9.89. The maximum atomic E-state index is 10.6. The molecule has 2 aliphatic rings. The van der Waals surface area contributed by atoms with Gasteiger partial charge in [-0.1, -0.05) is 21.8 Å². The van der Waals surface area contributed by atoms with E-state index >= 15 is 0 Å². The second kappa shape index (κ2) is 11.6. The fourth-order valence-corrected chi connectivity index (χ4v) is 3.35. The van der Waals surface area contributed by atoms with Crippen LogP contribution in [-0.4, -0.2) is 103 Å². The first-order chi connectivity index (χ1) is 11.9. The summed E-state index contributed by atoms with van der Waals surface area (Å²) >= 11 is 0. The van der Waals surface area contributed by atoms with Crippen LogP contribution >= 0.6 is 0 Å². The van der Waals surface area contributed by atoms with Crippen molar-refractivity contribution in [1.82, 2.24) is 5.32 Å². The molecule has 2 fully saturated rings. The van der Waals surface area contributed by atoms with Crippen LogP contribution in [0.2, 0.25) is 0 Å². The third kappa shape index (κ3) is 5.36. The Kier molecular flexibility index (Phi) is 11.4. The van der Waals surface area contributed by atoms with Crippen LogP contribution < -0.4 is 11.1 Å². The van der Waals surface area contributed by atoms with E-state index in [2.05, 4.69) is 5.32 Å². The number of nitrogens with two attached hydrogens (primary N) is 1. The van der Waals surface area contributed by atoms with Gasteiger partial charge in [0.1, 0.15) is 18.3 Å². The van der Waals surface area contributed by atoms with Gasteiger partial charge in [-0.15, -0.1) is 0 Å². The van der Waals surface area contributed by atoms with Crippen molar-refractivity contribution in [3.05, 3.63) is 0 Å². The van der Waals surface area contributed by atoms with Crippen LogP contribution in [0.4, 0.5) is 0 Å². The minimum Gasteiger partial charge on any atom is -0.394 e. The molecule has 10 atom stereocenters. The molecule has 2 heterocycles. The summed E-state index contributed by atoms with van der Waals surface area (Å²) < 4.78 is 22.2. The van der Waals surface area contributed by atoms with E-state index in [1.165, 1.54) is 7.11 Å². The second-order valence-electron chi connectivity index (χ2n) is 6.52. The molecule has 0 saturated carbocycles. The molecule has 2 aliphatic heterocycles. The molecule has 7 N–H and O–H groups in total. The van der Waals surface area contributed by atoms with Crippen LogP contribution in [0.25, 0.3) is 0 Å². The maximum Gasteiger partial charge on any atom is 0.176 e. The fraction of sp³-hybridized carbons (Fsp3) is 1.00. The largest absolute Gasteiger partial charge is 0.394 e. The van der Waals surface area contributed by atoms with E-state index in [0.717, 1.165) is 0 Å². The van der Waals surface area contributed by atoms with Crippen molar-refractivity contribution < 1.29 is 39.4 Å². The van der Waals surface area contributed by atoms with Crippen molar-refractivity contribution in [2.75, 3.05) is 27.4 Å². The number of methoxy groups -OCH3 is 1. The number of ether oxygens (including phenoxy) is 4. The SMILES string of the molecule is C.C.CNC1[C@@H](OC)OC(CO)[C@@H](O[C@@H]2OC(CO)[C@H](C)[C@H](O)C2N)[C@H]1O. The first-order valence-corrected chi connectivity index (χ1v) is 8.39. The van der Waals surface area contributed by atoms with Crippen molar-refractivity contribution in [2.24, 2.45) is 11.7 Å². The summed E-state index contributed by atoms with van der Waals surface area (Å²) in [5, 5.41) is 42.8. The van der Waals surface area contributed by atoms with Crippen molar-refractivity contribution in [2.45, 2.75) is 77.0 Å². The number of nitrogens with one attached hydrogen (secondary N) is 1. The standard InChI is InChI=1S/C15H30N2O8.2CH4/c1-6-7(4-18)23-14(9(16)11(6)20)25-13-8(5-19)24-15(22-3)10(17-2)12(13)21;;/h6-15,17-21H,4-5,16H2,1-3H3;2*1H4/t6-,7?,8?,9?,10?,11-,12-,13+,14-,15-;;/m0../s1. The lowest BCUT2D eigenvalue weighted by Crippen LogP contribution is -2.67. The molecule has 0 bridgehead atoms. The summed E-state index contributed by atoms with van der Waals surface area (Å²) in [6.45, 7) is 1.00. The van der Waals surface area contributed by atoms with Gasteiger partial charge in [-0.25, -0.2) is 0 Å². The second-order valence-corrected chi connectivity index (χ2v) is 6.52. The van der Waals surface area contributed by atoms with E-state index in [4.69, 9.17) is 24.7 Å². The molecular formula is C17H38N2O8. The highest BCUT2D eigenvalue weighted by atomic mass is 16.7. The predicted octanol–water partition coefficient (Wildman–Crippen LogP) is -2.00. The van der Waals surface area contributed by atoms with Gasteiger partial charge in [0.2, 0.25) is 0 Å². The first kappa shape index (κ1) is 26.6. The molecule has 0 amide bonds. The van der Waals surface area contributed by atoms with Crippen molar-refractivity contribution in [3.8, 4) is 0 Å². The Morgan fingerprint density at radius 3 is 2.04 bits per heavy atom. The molecular weight excluding hydrogens is 360 g/mol. The molecule has 0 aromatic carbocycles. The number of aliphatic hydroxyl groups excluding tert-OH is 4. The summed E-state index contributed by atoms with van der Waals surface area (Å²) in [5.74, 6) is -0.371. The quantitative estimate of drug-likeness (QED) is 0.296. The summed E-state index contributed by atoms with van der Waals surface area (Å²) in [7, 11) is 3.07. The normalized spacial score (nSPS) is 44.9. The predicted molar refractivity (Wildman–Crippen MR) is 98.8 cm³/mol. The summed E-state index contributed by atoms with van der Waals surface area (Å²) in [6.07, 6.45) is -6.36. The van der Waals surface area contributed by atoms with Gasteiger partial charge in [0, 0.05) is 13.0 Å². The van der Waals surface area contributed by atoms with E-state index in [9.17, 15) is 20.4 Å². The van der Waals surface area contributed by atoms with Crippen LogP contribution in [0.1, 0.15) is 21.8 Å². The number of likely N-dealkylation sites (N-methyl/N-ethyl adjacent to an activating group) is 1. The van der Waals surface area contributed by atoms with E-state index in [1.807, 2.05) is 0 Å². The Balaban J connectivity index is 0.00000338. The minimum absolute atomic E-state index is 0. The molecule has 164 valence electrons. The van der Waals surface area contributed by atoms with E-state index in [0.29, 0.717) is 0 Å². The van der Waals surface area contributed by atoms with Crippen LogP contribution in [0.5, 0.6) is 0 Å². The van der Waals surface area contributed by atoms with Gasteiger partial charge in [-0.05, 0) is 7.05 Å². The van der Waals surface area contributed by atoms with E-state index in [-0.39, 0.29) is 27.4 Å². The molecule has 10 nitrogen and oxygen atoms in total. The Morgan fingerprint density at radius 2 is 1.56 bits per heavy atom. The highest BCUT2D eigenvalue weighted by Crippen LogP contribution is 2.30. The van der Waals surface area contributed by atoms with Gasteiger partial charge in [0.25, 0.3) is 0 Å². The highest BCUT2D eigenvalue weighted by Gasteiger charge is 2.49. The summed E-state index contributed by atoms with van der Waals surface area (Å²) in [6, 6.07) is -1.48. The fourth-order valence-electron chi connectivity index (χ4n) is 3.35. The Labute approximate surface area is 161 Å². The maximum absolute atomic E-state index is 10.6. The van der Waals surface area contributed by atoms with Gasteiger partial charge in [0.15, 0.2) is 12.6 Å². The average Bonchev–Trinajstić information content (AvgIpc) is 2.62. The lowest BCUT2D eigenvalue weighted by Gasteiger charge is -2.47. The van der Waals surface area contributed by atoms with Crippen molar-refractivity contribution in [1.29, 1.82) is 0 Å². The van der Waals surface area contributed by atoms with E-state index < -0.39 is 61.8 Å².